The quantitative estimate of drug-likeness (QED) is 0.404. The standard InChI is InChI=1S/C23H32FN3O2/c1-4-6-7-8-9-10-11-15-29-21-14-12-13-18(22(21)24)17-25-23(28)20-16-19(5-2)26-27(20)3/h9-10,12-14,16H,4-8,11,15,17H2,1-3H3,(H,25,28). The number of benzene rings is 1. The van der Waals surface area contributed by atoms with Gasteiger partial charge >= 0.3 is 0 Å². The van der Waals surface area contributed by atoms with Crippen LogP contribution in [0.5, 0.6) is 5.75 Å². The average Bonchev–Trinajstić information content (AvgIpc) is 3.11. The molecular formula is C23H32FN3O2. The minimum atomic E-state index is -0.432. The predicted molar refractivity (Wildman–Crippen MR) is 114 cm³/mol. The van der Waals surface area contributed by atoms with Gasteiger partial charge < -0.3 is 10.1 Å². The molecule has 0 spiro atoms. The fourth-order valence-corrected chi connectivity index (χ4v) is 2.97. The molecule has 0 aliphatic rings. The molecule has 2 aromatic rings. The average molecular weight is 402 g/mol. The van der Waals surface area contributed by atoms with Crippen molar-refractivity contribution < 1.29 is 13.9 Å². The molecule has 0 atom stereocenters. The fraction of sp³-hybridized carbons (Fsp3) is 0.478. The number of amides is 1. The van der Waals surface area contributed by atoms with Crippen LogP contribution in [0.4, 0.5) is 4.39 Å². The molecule has 0 aliphatic heterocycles. The van der Waals surface area contributed by atoms with Crippen molar-refractivity contribution >= 4 is 5.91 Å². The highest BCUT2D eigenvalue weighted by atomic mass is 19.1. The molecule has 6 heteroatoms. The second-order valence-electron chi connectivity index (χ2n) is 7.01. The molecule has 0 saturated carbocycles. The summed E-state index contributed by atoms with van der Waals surface area (Å²) < 4.78 is 21.8. The number of carbonyl (C=O) groups is 1. The third kappa shape index (κ3) is 7.04. The van der Waals surface area contributed by atoms with Gasteiger partial charge in [0.2, 0.25) is 0 Å². The summed E-state index contributed by atoms with van der Waals surface area (Å²) in [5.74, 6) is -0.498. The molecule has 1 aromatic heterocycles. The topological polar surface area (TPSA) is 56.1 Å². The van der Waals surface area contributed by atoms with E-state index in [1.807, 2.05) is 6.92 Å². The normalized spacial score (nSPS) is 11.2. The van der Waals surface area contributed by atoms with Gasteiger partial charge in [0.1, 0.15) is 5.69 Å². The largest absolute Gasteiger partial charge is 0.490 e. The van der Waals surface area contributed by atoms with Gasteiger partial charge in [0, 0.05) is 19.2 Å². The van der Waals surface area contributed by atoms with Crippen molar-refractivity contribution in [1.29, 1.82) is 0 Å². The van der Waals surface area contributed by atoms with Gasteiger partial charge in [-0.3, -0.25) is 9.48 Å². The Morgan fingerprint density at radius 1 is 1.24 bits per heavy atom. The van der Waals surface area contributed by atoms with E-state index in [1.165, 1.54) is 19.3 Å². The number of rotatable bonds is 12. The fourth-order valence-electron chi connectivity index (χ4n) is 2.97. The second-order valence-corrected chi connectivity index (χ2v) is 7.01. The number of hydrogen-bond acceptors (Lipinski definition) is 3. The van der Waals surface area contributed by atoms with Gasteiger partial charge in [0.05, 0.1) is 12.3 Å². The molecule has 0 fully saturated rings. The van der Waals surface area contributed by atoms with E-state index in [-0.39, 0.29) is 18.2 Å². The number of allylic oxidation sites excluding steroid dienone is 1. The Hall–Kier alpha value is -2.63. The first-order valence-corrected chi connectivity index (χ1v) is 10.4. The zero-order valence-corrected chi connectivity index (χ0v) is 17.7. The van der Waals surface area contributed by atoms with Crippen LogP contribution in [0.25, 0.3) is 0 Å². The summed E-state index contributed by atoms with van der Waals surface area (Å²) in [5, 5.41) is 7.02. The zero-order valence-electron chi connectivity index (χ0n) is 17.7. The minimum Gasteiger partial charge on any atom is -0.490 e. The van der Waals surface area contributed by atoms with Crippen LogP contribution in [0.3, 0.4) is 0 Å². The maximum atomic E-state index is 14.7. The monoisotopic (exact) mass is 401 g/mol. The Labute approximate surface area is 173 Å². The number of carbonyl (C=O) groups excluding carboxylic acids is 1. The van der Waals surface area contributed by atoms with E-state index in [0.29, 0.717) is 17.9 Å². The van der Waals surface area contributed by atoms with E-state index in [1.54, 1.807) is 36.0 Å². The highest BCUT2D eigenvalue weighted by Crippen LogP contribution is 2.21. The second kappa shape index (κ2) is 12.0. The molecule has 1 aromatic carbocycles. The summed E-state index contributed by atoms with van der Waals surface area (Å²) in [6.07, 6.45) is 10.5. The molecule has 0 radical (unpaired) electrons. The highest BCUT2D eigenvalue weighted by molar-refractivity contribution is 5.92. The summed E-state index contributed by atoms with van der Waals surface area (Å²) in [5.41, 5.74) is 1.70. The van der Waals surface area contributed by atoms with Crippen LogP contribution >= 0.6 is 0 Å². The van der Waals surface area contributed by atoms with Gasteiger partial charge in [-0.25, -0.2) is 4.39 Å². The van der Waals surface area contributed by atoms with Crippen molar-refractivity contribution in [2.75, 3.05) is 6.61 Å². The maximum absolute atomic E-state index is 14.7. The van der Waals surface area contributed by atoms with Gasteiger partial charge in [-0.1, -0.05) is 51.0 Å². The number of aromatic nitrogens is 2. The molecule has 29 heavy (non-hydrogen) atoms. The van der Waals surface area contributed by atoms with Crippen molar-refractivity contribution in [3.63, 3.8) is 0 Å². The lowest BCUT2D eigenvalue weighted by Crippen LogP contribution is -2.25. The maximum Gasteiger partial charge on any atom is 0.269 e. The Morgan fingerprint density at radius 3 is 2.76 bits per heavy atom. The van der Waals surface area contributed by atoms with Crippen molar-refractivity contribution in [1.82, 2.24) is 15.1 Å². The molecule has 1 amide bonds. The predicted octanol–water partition coefficient (Wildman–Crippen LogP) is 4.96. The van der Waals surface area contributed by atoms with E-state index in [4.69, 9.17) is 4.74 Å². The van der Waals surface area contributed by atoms with Crippen LogP contribution < -0.4 is 10.1 Å². The van der Waals surface area contributed by atoms with Crippen LogP contribution in [0.1, 0.15) is 67.7 Å². The van der Waals surface area contributed by atoms with Crippen molar-refractivity contribution in [3.8, 4) is 5.75 Å². The smallest absolute Gasteiger partial charge is 0.269 e. The van der Waals surface area contributed by atoms with E-state index in [2.05, 4.69) is 29.5 Å². The van der Waals surface area contributed by atoms with E-state index in [9.17, 15) is 9.18 Å². The van der Waals surface area contributed by atoms with Crippen molar-refractivity contribution in [2.24, 2.45) is 7.05 Å². The number of hydrogen-bond donors (Lipinski definition) is 1. The van der Waals surface area contributed by atoms with Gasteiger partial charge in [-0.2, -0.15) is 5.10 Å². The lowest BCUT2D eigenvalue weighted by Gasteiger charge is -2.10. The van der Waals surface area contributed by atoms with Crippen LogP contribution in [0, 0.1) is 5.82 Å². The van der Waals surface area contributed by atoms with E-state index >= 15 is 0 Å². The first-order valence-electron chi connectivity index (χ1n) is 10.4. The Balaban J connectivity index is 1.84. The SMILES string of the molecule is CCCCCC=CCCOc1cccc(CNC(=O)c2cc(CC)nn2C)c1F. The molecule has 0 saturated heterocycles. The lowest BCUT2D eigenvalue weighted by atomic mass is 10.2. The summed E-state index contributed by atoms with van der Waals surface area (Å²) in [4.78, 5) is 12.4. The molecule has 0 bridgehead atoms. The van der Waals surface area contributed by atoms with Gasteiger partial charge in [0.15, 0.2) is 11.6 Å². The Kier molecular flexibility index (Phi) is 9.41. The number of aryl methyl sites for hydroxylation is 2. The summed E-state index contributed by atoms with van der Waals surface area (Å²) >= 11 is 0. The molecule has 0 unspecified atom stereocenters. The number of nitrogens with one attached hydrogen (secondary N) is 1. The third-order valence-corrected chi connectivity index (χ3v) is 4.69. The molecule has 5 nitrogen and oxygen atoms in total. The minimum absolute atomic E-state index is 0.0891. The first-order chi connectivity index (χ1) is 14.1. The van der Waals surface area contributed by atoms with Crippen LogP contribution in [0.2, 0.25) is 0 Å². The van der Waals surface area contributed by atoms with Crippen molar-refractivity contribution in [2.45, 2.75) is 58.9 Å². The number of nitrogens with zero attached hydrogens (tertiary/aromatic N) is 2. The molecule has 1 N–H and O–H groups in total. The number of ether oxygens (including phenoxy) is 1. The van der Waals surface area contributed by atoms with Gasteiger partial charge in [0.25, 0.3) is 5.91 Å². The van der Waals surface area contributed by atoms with E-state index in [0.717, 1.165) is 25.0 Å². The Morgan fingerprint density at radius 2 is 2.03 bits per heavy atom. The molecule has 1 heterocycles. The van der Waals surface area contributed by atoms with Crippen LogP contribution in [-0.4, -0.2) is 22.3 Å². The highest BCUT2D eigenvalue weighted by Gasteiger charge is 2.14. The number of halogens is 1. The van der Waals surface area contributed by atoms with Crippen LogP contribution in [-0.2, 0) is 20.0 Å². The summed E-state index contributed by atoms with van der Waals surface area (Å²) in [7, 11) is 1.72. The molecule has 158 valence electrons. The molecular weight excluding hydrogens is 369 g/mol. The van der Waals surface area contributed by atoms with Crippen molar-refractivity contribution in [3.05, 3.63) is 59.2 Å². The van der Waals surface area contributed by atoms with E-state index < -0.39 is 5.82 Å². The number of unbranched alkanes of at least 4 members (excludes halogenated alkanes) is 3. The first kappa shape index (κ1) is 22.7. The third-order valence-electron chi connectivity index (χ3n) is 4.69. The summed E-state index contributed by atoms with van der Waals surface area (Å²) in [6, 6.07) is 6.75. The van der Waals surface area contributed by atoms with Gasteiger partial charge in [-0.05, 0) is 37.8 Å². The summed E-state index contributed by atoms with van der Waals surface area (Å²) in [6.45, 7) is 4.68. The lowest BCUT2D eigenvalue weighted by molar-refractivity contribution is 0.0941. The van der Waals surface area contributed by atoms with Crippen LogP contribution in [0.15, 0.2) is 36.4 Å². The molecule has 0 aliphatic carbocycles. The zero-order chi connectivity index (χ0) is 21.1. The Bertz CT molecular complexity index is 814. The van der Waals surface area contributed by atoms with Gasteiger partial charge in [-0.15, -0.1) is 0 Å². The molecule has 2 rings (SSSR count).